The summed E-state index contributed by atoms with van der Waals surface area (Å²) in [5.74, 6) is -0.699. The zero-order valence-corrected chi connectivity index (χ0v) is 8.44. The zero-order valence-electron chi connectivity index (χ0n) is 8.44. The maximum absolute atomic E-state index is 10.5. The van der Waals surface area contributed by atoms with Gasteiger partial charge in [-0.3, -0.25) is 0 Å². The number of rotatable bonds is 5. The van der Waals surface area contributed by atoms with Crippen molar-refractivity contribution in [2.24, 2.45) is 0 Å². The van der Waals surface area contributed by atoms with Crippen LogP contribution in [0.15, 0.2) is 36.4 Å². The molecule has 0 bridgehead atoms. The van der Waals surface area contributed by atoms with Crippen LogP contribution in [0.5, 0.6) is 5.75 Å². The Morgan fingerprint density at radius 2 is 2.13 bits per heavy atom. The molecule has 0 aromatic heterocycles. The Kier molecular flexibility index (Phi) is 3.92. The van der Waals surface area contributed by atoms with Gasteiger partial charge in [0.2, 0.25) is 0 Å². The summed E-state index contributed by atoms with van der Waals surface area (Å²) in [5, 5.41) is 17.8. The summed E-state index contributed by atoms with van der Waals surface area (Å²) in [6, 6.07) is 6.98. The van der Waals surface area contributed by atoms with Crippen LogP contribution < -0.4 is 0 Å². The number of carbonyl (C=O) groups is 1. The van der Waals surface area contributed by atoms with E-state index in [0.717, 1.165) is 18.4 Å². The molecule has 3 heteroatoms. The highest BCUT2D eigenvalue weighted by atomic mass is 16.4. The number of benzene rings is 1. The largest absolute Gasteiger partial charge is 0.508 e. The Morgan fingerprint density at radius 3 is 2.73 bits per heavy atom. The molecule has 3 nitrogen and oxygen atoms in total. The number of carboxylic acids is 1. The molecule has 0 aliphatic rings. The first-order chi connectivity index (χ1) is 7.09. The molecular weight excluding hydrogens is 192 g/mol. The molecule has 15 heavy (non-hydrogen) atoms. The van der Waals surface area contributed by atoms with Crippen LogP contribution in [0.2, 0.25) is 0 Å². The highest BCUT2D eigenvalue weighted by Crippen LogP contribution is 2.14. The molecule has 1 aromatic rings. The minimum atomic E-state index is -0.939. The van der Waals surface area contributed by atoms with Crippen molar-refractivity contribution in [3.8, 4) is 5.75 Å². The van der Waals surface area contributed by atoms with E-state index in [-0.39, 0.29) is 11.3 Å². The second kappa shape index (κ2) is 5.20. The SMILES string of the molecule is C=C(CCCc1cccc(O)c1)C(=O)O. The second-order valence-electron chi connectivity index (χ2n) is 3.43. The van der Waals surface area contributed by atoms with E-state index < -0.39 is 5.97 Å². The highest BCUT2D eigenvalue weighted by Gasteiger charge is 2.03. The number of phenolic OH excluding ortho intramolecular Hbond substituents is 1. The van der Waals surface area contributed by atoms with E-state index >= 15 is 0 Å². The van der Waals surface area contributed by atoms with Gasteiger partial charge < -0.3 is 10.2 Å². The molecule has 80 valence electrons. The van der Waals surface area contributed by atoms with Crippen molar-refractivity contribution in [2.45, 2.75) is 19.3 Å². The number of hydrogen-bond acceptors (Lipinski definition) is 2. The van der Waals surface area contributed by atoms with Crippen LogP contribution in [0.1, 0.15) is 18.4 Å². The molecule has 0 unspecified atom stereocenters. The quantitative estimate of drug-likeness (QED) is 0.727. The third-order valence-corrected chi connectivity index (χ3v) is 2.16. The predicted molar refractivity (Wildman–Crippen MR) is 57.8 cm³/mol. The van der Waals surface area contributed by atoms with Crippen molar-refractivity contribution < 1.29 is 15.0 Å². The highest BCUT2D eigenvalue weighted by molar-refractivity contribution is 5.85. The normalized spacial score (nSPS) is 9.87. The molecule has 0 radical (unpaired) electrons. The average Bonchev–Trinajstić information content (AvgIpc) is 2.17. The molecular formula is C12H14O3. The summed E-state index contributed by atoms with van der Waals surface area (Å²) in [7, 11) is 0. The van der Waals surface area contributed by atoms with E-state index in [1.54, 1.807) is 18.2 Å². The van der Waals surface area contributed by atoms with Crippen molar-refractivity contribution in [1.29, 1.82) is 0 Å². The Labute approximate surface area is 88.7 Å². The smallest absolute Gasteiger partial charge is 0.330 e. The maximum atomic E-state index is 10.5. The van der Waals surface area contributed by atoms with Crippen LogP contribution in [-0.4, -0.2) is 16.2 Å². The van der Waals surface area contributed by atoms with Crippen molar-refractivity contribution in [2.75, 3.05) is 0 Å². The molecule has 0 saturated heterocycles. The van der Waals surface area contributed by atoms with E-state index in [1.807, 2.05) is 6.07 Å². The van der Waals surface area contributed by atoms with Gasteiger partial charge in [-0.15, -0.1) is 0 Å². The second-order valence-corrected chi connectivity index (χ2v) is 3.43. The van der Waals surface area contributed by atoms with Crippen LogP contribution in [0.4, 0.5) is 0 Å². The molecule has 0 atom stereocenters. The van der Waals surface area contributed by atoms with Gasteiger partial charge in [-0.1, -0.05) is 18.7 Å². The lowest BCUT2D eigenvalue weighted by Gasteiger charge is -2.02. The van der Waals surface area contributed by atoms with E-state index in [0.29, 0.717) is 6.42 Å². The molecule has 2 N–H and O–H groups in total. The Bertz CT molecular complexity index is 369. The molecule has 0 fully saturated rings. The zero-order chi connectivity index (χ0) is 11.3. The molecule has 0 aliphatic carbocycles. The third kappa shape index (κ3) is 3.85. The average molecular weight is 206 g/mol. The van der Waals surface area contributed by atoms with Crippen LogP contribution in [-0.2, 0) is 11.2 Å². The lowest BCUT2D eigenvalue weighted by molar-refractivity contribution is -0.132. The fourth-order valence-electron chi connectivity index (χ4n) is 1.32. The first-order valence-corrected chi connectivity index (χ1v) is 4.78. The standard InChI is InChI=1S/C12H14O3/c1-9(12(14)15)4-2-5-10-6-3-7-11(13)8-10/h3,6-8,13H,1-2,4-5H2,(H,14,15). The molecule has 0 spiro atoms. The maximum Gasteiger partial charge on any atom is 0.330 e. The van der Waals surface area contributed by atoms with Crippen molar-refractivity contribution in [1.82, 2.24) is 0 Å². The lowest BCUT2D eigenvalue weighted by atomic mass is 10.1. The number of hydrogen-bond donors (Lipinski definition) is 2. The molecule has 1 rings (SSSR count). The Morgan fingerprint density at radius 1 is 1.40 bits per heavy atom. The monoisotopic (exact) mass is 206 g/mol. The van der Waals surface area contributed by atoms with Gasteiger partial charge in [0, 0.05) is 5.57 Å². The molecule has 0 aliphatic heterocycles. The first-order valence-electron chi connectivity index (χ1n) is 4.78. The van der Waals surface area contributed by atoms with Crippen molar-refractivity contribution >= 4 is 5.97 Å². The first kappa shape index (κ1) is 11.3. The van der Waals surface area contributed by atoms with Gasteiger partial charge in [0.15, 0.2) is 0 Å². The fourth-order valence-corrected chi connectivity index (χ4v) is 1.32. The van der Waals surface area contributed by atoms with Gasteiger partial charge in [-0.2, -0.15) is 0 Å². The minimum absolute atomic E-state index is 0.232. The number of carboxylic acid groups (broad SMARTS) is 1. The number of aromatic hydroxyl groups is 1. The summed E-state index contributed by atoms with van der Waals surface area (Å²) in [4.78, 5) is 10.5. The summed E-state index contributed by atoms with van der Waals surface area (Å²) >= 11 is 0. The van der Waals surface area contributed by atoms with Gasteiger partial charge in [0.1, 0.15) is 5.75 Å². The Hall–Kier alpha value is -1.77. The predicted octanol–water partition coefficient (Wildman–Crippen LogP) is 2.36. The third-order valence-electron chi connectivity index (χ3n) is 2.16. The molecule has 1 aromatic carbocycles. The van der Waals surface area contributed by atoms with Crippen LogP contribution in [0, 0.1) is 0 Å². The van der Waals surface area contributed by atoms with E-state index in [9.17, 15) is 9.90 Å². The summed E-state index contributed by atoms with van der Waals surface area (Å²) < 4.78 is 0. The number of aryl methyl sites for hydroxylation is 1. The summed E-state index contributed by atoms with van der Waals surface area (Å²) in [5.41, 5.74) is 1.24. The summed E-state index contributed by atoms with van der Waals surface area (Å²) in [6.07, 6.45) is 1.96. The summed E-state index contributed by atoms with van der Waals surface area (Å²) in [6.45, 7) is 3.45. The van der Waals surface area contributed by atoms with Crippen molar-refractivity contribution in [3.05, 3.63) is 42.0 Å². The molecule has 0 saturated carbocycles. The number of aliphatic carboxylic acids is 1. The molecule has 0 heterocycles. The van der Waals surface area contributed by atoms with E-state index in [1.165, 1.54) is 0 Å². The minimum Gasteiger partial charge on any atom is -0.508 e. The van der Waals surface area contributed by atoms with Crippen molar-refractivity contribution in [3.63, 3.8) is 0 Å². The van der Waals surface area contributed by atoms with Crippen LogP contribution in [0.25, 0.3) is 0 Å². The topological polar surface area (TPSA) is 57.5 Å². The van der Waals surface area contributed by atoms with E-state index in [4.69, 9.17) is 5.11 Å². The van der Waals surface area contributed by atoms with Gasteiger partial charge >= 0.3 is 5.97 Å². The van der Waals surface area contributed by atoms with Crippen LogP contribution >= 0.6 is 0 Å². The van der Waals surface area contributed by atoms with Gasteiger partial charge in [-0.25, -0.2) is 4.79 Å². The van der Waals surface area contributed by atoms with Gasteiger partial charge in [0.05, 0.1) is 0 Å². The Balaban J connectivity index is 2.38. The van der Waals surface area contributed by atoms with Gasteiger partial charge in [0.25, 0.3) is 0 Å². The molecule has 0 amide bonds. The fraction of sp³-hybridized carbons (Fsp3) is 0.250. The van der Waals surface area contributed by atoms with E-state index in [2.05, 4.69) is 6.58 Å². The lowest BCUT2D eigenvalue weighted by Crippen LogP contribution is -1.99. The van der Waals surface area contributed by atoms with Crippen LogP contribution in [0.3, 0.4) is 0 Å². The number of phenols is 1. The van der Waals surface area contributed by atoms with Gasteiger partial charge in [-0.05, 0) is 37.0 Å².